The van der Waals surface area contributed by atoms with E-state index in [4.69, 9.17) is 0 Å². The van der Waals surface area contributed by atoms with Crippen LogP contribution in [0.3, 0.4) is 0 Å². The summed E-state index contributed by atoms with van der Waals surface area (Å²) in [7, 11) is 0. The third kappa shape index (κ3) is 1.76. The molecule has 2 aliphatic rings. The molecule has 0 bridgehead atoms. The van der Waals surface area contributed by atoms with Crippen LogP contribution in [-0.4, -0.2) is 31.2 Å². The Kier molecular flexibility index (Phi) is 2.41. The first-order chi connectivity index (χ1) is 7.33. The van der Waals surface area contributed by atoms with E-state index in [1.165, 1.54) is 13.1 Å². The lowest BCUT2D eigenvalue weighted by atomic mass is 10.0. The molecule has 0 amide bonds. The number of rotatable bonds is 1. The average Bonchev–Trinajstić information content (AvgIpc) is 2.78. The molecule has 1 aromatic rings. The lowest BCUT2D eigenvalue weighted by Gasteiger charge is -2.18. The van der Waals surface area contributed by atoms with E-state index in [1.54, 1.807) is 0 Å². The standard InChI is InChI=1S/C11H14BrN3/c12-10-1-2-11(14-5-10)15-6-8-3-13-4-9(8)7-15/h1-2,5,8-9,13H,3-4,6-7H2/t8-,9+. The number of fused-ring (bicyclic) bond motifs is 1. The molecule has 1 aromatic heterocycles. The normalized spacial score (nSPS) is 29.5. The molecule has 2 saturated heterocycles. The lowest BCUT2D eigenvalue weighted by molar-refractivity contribution is 0.533. The average molecular weight is 268 g/mol. The van der Waals surface area contributed by atoms with Crippen molar-refractivity contribution in [1.82, 2.24) is 10.3 Å². The van der Waals surface area contributed by atoms with Crippen LogP contribution in [0.1, 0.15) is 0 Å². The Labute approximate surface area is 98.0 Å². The van der Waals surface area contributed by atoms with E-state index in [2.05, 4.69) is 43.3 Å². The molecule has 15 heavy (non-hydrogen) atoms. The fourth-order valence-corrected chi connectivity index (χ4v) is 2.83. The Morgan fingerprint density at radius 3 is 2.60 bits per heavy atom. The van der Waals surface area contributed by atoms with Crippen LogP contribution in [0.15, 0.2) is 22.8 Å². The molecule has 4 heteroatoms. The smallest absolute Gasteiger partial charge is 0.128 e. The second-order valence-corrected chi connectivity index (χ2v) is 5.33. The molecule has 0 aliphatic carbocycles. The molecule has 2 fully saturated rings. The van der Waals surface area contributed by atoms with Crippen molar-refractivity contribution in [2.24, 2.45) is 11.8 Å². The fourth-order valence-electron chi connectivity index (χ4n) is 2.60. The molecule has 3 rings (SSSR count). The van der Waals surface area contributed by atoms with Gasteiger partial charge in [0.25, 0.3) is 0 Å². The van der Waals surface area contributed by atoms with Gasteiger partial charge in [-0.3, -0.25) is 0 Å². The van der Waals surface area contributed by atoms with Crippen LogP contribution >= 0.6 is 15.9 Å². The molecule has 0 aromatic carbocycles. The summed E-state index contributed by atoms with van der Waals surface area (Å²) in [5.41, 5.74) is 0. The van der Waals surface area contributed by atoms with Gasteiger partial charge < -0.3 is 10.2 Å². The van der Waals surface area contributed by atoms with Crippen molar-refractivity contribution >= 4 is 21.7 Å². The van der Waals surface area contributed by atoms with E-state index in [0.717, 1.165) is 35.2 Å². The number of hydrogen-bond donors (Lipinski definition) is 1. The number of nitrogens with one attached hydrogen (secondary N) is 1. The van der Waals surface area contributed by atoms with Crippen molar-refractivity contribution in [3.63, 3.8) is 0 Å². The summed E-state index contributed by atoms with van der Waals surface area (Å²) in [5.74, 6) is 2.78. The predicted octanol–water partition coefficient (Wildman–Crippen LogP) is 1.50. The highest BCUT2D eigenvalue weighted by Crippen LogP contribution is 2.29. The lowest BCUT2D eigenvalue weighted by Crippen LogP contribution is -2.26. The Hall–Kier alpha value is -0.610. The van der Waals surface area contributed by atoms with E-state index < -0.39 is 0 Å². The molecule has 0 spiro atoms. The zero-order valence-electron chi connectivity index (χ0n) is 8.49. The maximum Gasteiger partial charge on any atom is 0.128 e. The van der Waals surface area contributed by atoms with Crippen LogP contribution < -0.4 is 10.2 Å². The SMILES string of the molecule is Brc1ccc(N2C[C@H]3CNC[C@H]3C2)nc1. The summed E-state index contributed by atoms with van der Waals surface area (Å²) in [6.07, 6.45) is 1.88. The van der Waals surface area contributed by atoms with Gasteiger partial charge in [-0.1, -0.05) is 0 Å². The molecular formula is C11H14BrN3. The van der Waals surface area contributed by atoms with Crippen molar-refractivity contribution < 1.29 is 0 Å². The molecule has 0 saturated carbocycles. The quantitative estimate of drug-likeness (QED) is 0.836. The summed E-state index contributed by atoms with van der Waals surface area (Å²) in [6, 6.07) is 4.16. The second kappa shape index (κ2) is 3.76. The van der Waals surface area contributed by atoms with Crippen molar-refractivity contribution in [2.75, 3.05) is 31.1 Å². The highest BCUT2D eigenvalue weighted by molar-refractivity contribution is 9.10. The Morgan fingerprint density at radius 1 is 1.27 bits per heavy atom. The minimum absolute atomic E-state index is 0.829. The van der Waals surface area contributed by atoms with E-state index in [-0.39, 0.29) is 0 Å². The van der Waals surface area contributed by atoms with Gasteiger partial charge in [-0.05, 0) is 39.9 Å². The van der Waals surface area contributed by atoms with E-state index in [9.17, 15) is 0 Å². The maximum atomic E-state index is 4.45. The molecule has 3 heterocycles. The summed E-state index contributed by atoms with van der Waals surface area (Å²) >= 11 is 3.41. The van der Waals surface area contributed by atoms with Gasteiger partial charge in [-0.15, -0.1) is 0 Å². The monoisotopic (exact) mass is 267 g/mol. The van der Waals surface area contributed by atoms with Gasteiger partial charge in [-0.25, -0.2) is 4.98 Å². The van der Waals surface area contributed by atoms with Gasteiger partial charge in [-0.2, -0.15) is 0 Å². The third-order valence-electron chi connectivity index (χ3n) is 3.43. The Balaban J connectivity index is 1.76. The number of pyridine rings is 1. The molecule has 80 valence electrons. The highest BCUT2D eigenvalue weighted by atomic mass is 79.9. The zero-order valence-corrected chi connectivity index (χ0v) is 10.1. The van der Waals surface area contributed by atoms with Gasteiger partial charge in [0, 0.05) is 36.8 Å². The molecule has 2 atom stereocenters. The van der Waals surface area contributed by atoms with Crippen LogP contribution in [0.5, 0.6) is 0 Å². The van der Waals surface area contributed by atoms with Crippen molar-refractivity contribution in [3.05, 3.63) is 22.8 Å². The molecule has 1 N–H and O–H groups in total. The molecule has 2 aliphatic heterocycles. The van der Waals surface area contributed by atoms with Crippen LogP contribution in [0.25, 0.3) is 0 Å². The summed E-state index contributed by atoms with van der Waals surface area (Å²) < 4.78 is 1.05. The number of anilines is 1. The van der Waals surface area contributed by atoms with Crippen LogP contribution in [0.2, 0.25) is 0 Å². The van der Waals surface area contributed by atoms with E-state index >= 15 is 0 Å². The molecule has 0 unspecified atom stereocenters. The van der Waals surface area contributed by atoms with Gasteiger partial charge in [0.15, 0.2) is 0 Å². The van der Waals surface area contributed by atoms with Crippen molar-refractivity contribution in [1.29, 1.82) is 0 Å². The Bertz CT molecular complexity index is 339. The fraction of sp³-hybridized carbons (Fsp3) is 0.545. The van der Waals surface area contributed by atoms with Crippen molar-refractivity contribution in [3.8, 4) is 0 Å². The summed E-state index contributed by atoms with van der Waals surface area (Å²) in [6.45, 7) is 4.67. The first-order valence-corrected chi connectivity index (χ1v) is 6.19. The van der Waals surface area contributed by atoms with Gasteiger partial charge in [0.05, 0.1) is 0 Å². The van der Waals surface area contributed by atoms with Crippen molar-refractivity contribution in [2.45, 2.75) is 0 Å². The number of aromatic nitrogens is 1. The largest absolute Gasteiger partial charge is 0.356 e. The maximum absolute atomic E-state index is 4.45. The molecule has 0 radical (unpaired) electrons. The van der Waals surface area contributed by atoms with E-state index in [0.29, 0.717) is 0 Å². The van der Waals surface area contributed by atoms with Crippen LogP contribution in [0.4, 0.5) is 5.82 Å². The van der Waals surface area contributed by atoms with Gasteiger partial charge in [0.1, 0.15) is 5.82 Å². The summed E-state index contributed by atoms with van der Waals surface area (Å²) in [5, 5.41) is 3.45. The molecule has 3 nitrogen and oxygen atoms in total. The molecular weight excluding hydrogens is 254 g/mol. The third-order valence-corrected chi connectivity index (χ3v) is 3.89. The van der Waals surface area contributed by atoms with Crippen LogP contribution in [0, 0.1) is 11.8 Å². The van der Waals surface area contributed by atoms with Gasteiger partial charge >= 0.3 is 0 Å². The second-order valence-electron chi connectivity index (χ2n) is 4.42. The number of hydrogen-bond acceptors (Lipinski definition) is 3. The topological polar surface area (TPSA) is 28.2 Å². The van der Waals surface area contributed by atoms with Crippen LogP contribution in [-0.2, 0) is 0 Å². The summed E-state index contributed by atoms with van der Waals surface area (Å²) in [4.78, 5) is 6.85. The Morgan fingerprint density at radius 2 is 2.00 bits per heavy atom. The highest BCUT2D eigenvalue weighted by Gasteiger charge is 2.36. The first kappa shape index (κ1) is 9.60. The first-order valence-electron chi connectivity index (χ1n) is 5.40. The minimum Gasteiger partial charge on any atom is -0.356 e. The zero-order chi connectivity index (χ0) is 10.3. The van der Waals surface area contributed by atoms with E-state index in [1.807, 2.05) is 6.20 Å². The predicted molar refractivity (Wildman–Crippen MR) is 64.0 cm³/mol. The number of nitrogens with zero attached hydrogens (tertiary/aromatic N) is 2. The number of halogens is 1. The van der Waals surface area contributed by atoms with Gasteiger partial charge in [0.2, 0.25) is 0 Å². The minimum atomic E-state index is 0.829.